The molecule has 0 fully saturated rings. The zero-order valence-corrected chi connectivity index (χ0v) is 24.8. The molecule has 0 bridgehead atoms. The maximum atomic E-state index is 13.6. The van der Waals surface area contributed by atoms with Crippen molar-refractivity contribution >= 4 is 51.0 Å². The number of hydrogen-bond donors (Lipinski definition) is 2. The summed E-state index contributed by atoms with van der Waals surface area (Å²) in [5.74, 6) is -1.06. The standard InChI is InChI=1S/C31H28ClFN4O5S/c1-21-6-16-27(17-7-21)43(40,41)37(29-5-3-4-28(32)22(29)2)19-30(38)36-34-18-23-8-14-26(15-9-23)42-20-31(39)35-25-12-10-24(33)11-13-25/h3-18H,19-20H2,1-2H3,(H,35,39)(H,36,38)/b34-18+. The summed E-state index contributed by atoms with van der Waals surface area (Å²) in [6.45, 7) is 2.73. The lowest BCUT2D eigenvalue weighted by Crippen LogP contribution is -2.40. The molecule has 0 saturated carbocycles. The number of hydrazone groups is 1. The van der Waals surface area contributed by atoms with Crippen LogP contribution in [0.4, 0.5) is 15.8 Å². The topological polar surface area (TPSA) is 117 Å². The number of carbonyl (C=O) groups excluding carboxylic acids is 2. The van der Waals surface area contributed by atoms with Gasteiger partial charge in [0.2, 0.25) is 0 Å². The van der Waals surface area contributed by atoms with E-state index in [4.69, 9.17) is 16.3 Å². The van der Waals surface area contributed by atoms with Crippen molar-refractivity contribution in [3.05, 3.63) is 119 Å². The largest absolute Gasteiger partial charge is 0.484 e. The van der Waals surface area contributed by atoms with Crippen LogP contribution in [0.3, 0.4) is 0 Å². The molecular formula is C31H28ClFN4O5S. The van der Waals surface area contributed by atoms with Gasteiger partial charge in [-0.1, -0.05) is 35.4 Å². The number of anilines is 2. The van der Waals surface area contributed by atoms with Gasteiger partial charge >= 0.3 is 0 Å². The molecular weight excluding hydrogens is 595 g/mol. The van der Waals surface area contributed by atoms with E-state index in [1.807, 2.05) is 6.92 Å². The molecule has 43 heavy (non-hydrogen) atoms. The summed E-state index contributed by atoms with van der Waals surface area (Å²) in [4.78, 5) is 24.9. The highest BCUT2D eigenvalue weighted by Crippen LogP contribution is 2.31. The van der Waals surface area contributed by atoms with E-state index in [2.05, 4.69) is 15.8 Å². The van der Waals surface area contributed by atoms with Gasteiger partial charge in [-0.15, -0.1) is 0 Å². The Bertz CT molecular complexity index is 1730. The minimum absolute atomic E-state index is 0.0315. The summed E-state index contributed by atoms with van der Waals surface area (Å²) in [6.07, 6.45) is 1.38. The van der Waals surface area contributed by atoms with E-state index in [1.165, 1.54) is 42.6 Å². The molecule has 0 aliphatic heterocycles. The van der Waals surface area contributed by atoms with Gasteiger partial charge in [-0.2, -0.15) is 5.10 Å². The molecule has 0 aromatic heterocycles. The van der Waals surface area contributed by atoms with Crippen LogP contribution in [0.25, 0.3) is 0 Å². The Morgan fingerprint density at radius 3 is 2.28 bits per heavy atom. The van der Waals surface area contributed by atoms with Gasteiger partial charge in [0.05, 0.1) is 16.8 Å². The number of aryl methyl sites for hydroxylation is 1. The number of carbonyl (C=O) groups is 2. The van der Waals surface area contributed by atoms with Crippen LogP contribution in [0.5, 0.6) is 5.75 Å². The number of hydrogen-bond acceptors (Lipinski definition) is 6. The van der Waals surface area contributed by atoms with Gasteiger partial charge in [0.15, 0.2) is 6.61 Å². The van der Waals surface area contributed by atoms with Crippen molar-refractivity contribution < 1.29 is 27.1 Å². The third-order valence-corrected chi connectivity index (χ3v) is 8.37. The van der Waals surface area contributed by atoms with E-state index in [-0.39, 0.29) is 17.2 Å². The van der Waals surface area contributed by atoms with Crippen molar-refractivity contribution in [2.24, 2.45) is 5.10 Å². The van der Waals surface area contributed by atoms with Crippen LogP contribution in [0.15, 0.2) is 101 Å². The summed E-state index contributed by atoms with van der Waals surface area (Å²) in [7, 11) is -4.11. The first-order chi connectivity index (χ1) is 20.5. The molecule has 0 unspecified atom stereocenters. The van der Waals surface area contributed by atoms with E-state index in [0.29, 0.717) is 27.6 Å². The summed E-state index contributed by atoms with van der Waals surface area (Å²) in [6, 6.07) is 23.1. The molecule has 12 heteroatoms. The average molecular weight is 623 g/mol. The summed E-state index contributed by atoms with van der Waals surface area (Å²) in [5.41, 5.74) is 5.09. The van der Waals surface area contributed by atoms with Crippen molar-refractivity contribution in [2.45, 2.75) is 18.7 Å². The molecule has 0 radical (unpaired) electrons. The highest BCUT2D eigenvalue weighted by atomic mass is 35.5. The second-order valence-corrected chi connectivity index (χ2v) is 11.7. The minimum atomic E-state index is -4.11. The molecule has 222 valence electrons. The van der Waals surface area contributed by atoms with E-state index in [0.717, 1.165) is 9.87 Å². The lowest BCUT2D eigenvalue weighted by molar-refractivity contribution is -0.119. The predicted molar refractivity (Wildman–Crippen MR) is 165 cm³/mol. The zero-order valence-electron chi connectivity index (χ0n) is 23.3. The highest BCUT2D eigenvalue weighted by molar-refractivity contribution is 7.92. The molecule has 0 aliphatic rings. The third kappa shape index (κ3) is 8.40. The van der Waals surface area contributed by atoms with Crippen LogP contribution in [-0.4, -0.2) is 39.6 Å². The first-order valence-corrected chi connectivity index (χ1v) is 14.8. The van der Waals surface area contributed by atoms with Crippen LogP contribution < -0.4 is 19.8 Å². The summed E-state index contributed by atoms with van der Waals surface area (Å²) in [5, 5.41) is 6.91. The lowest BCUT2D eigenvalue weighted by Gasteiger charge is -2.25. The molecule has 4 aromatic rings. The average Bonchev–Trinajstić information content (AvgIpc) is 2.98. The van der Waals surface area contributed by atoms with Gasteiger partial charge < -0.3 is 10.1 Å². The second kappa shape index (κ2) is 14.0. The van der Waals surface area contributed by atoms with Crippen LogP contribution in [0.2, 0.25) is 5.02 Å². The van der Waals surface area contributed by atoms with Crippen molar-refractivity contribution in [1.29, 1.82) is 0 Å². The van der Waals surface area contributed by atoms with E-state index in [9.17, 15) is 22.4 Å². The van der Waals surface area contributed by atoms with Crippen LogP contribution >= 0.6 is 11.6 Å². The lowest BCUT2D eigenvalue weighted by atomic mass is 10.2. The van der Waals surface area contributed by atoms with E-state index in [1.54, 1.807) is 61.5 Å². The van der Waals surface area contributed by atoms with Crippen molar-refractivity contribution in [3.63, 3.8) is 0 Å². The number of ether oxygens (including phenoxy) is 1. The predicted octanol–water partition coefficient (Wildman–Crippen LogP) is 5.46. The Labute approximate surface area is 254 Å². The molecule has 2 amide bonds. The first-order valence-electron chi connectivity index (χ1n) is 13.0. The summed E-state index contributed by atoms with van der Waals surface area (Å²) < 4.78 is 46.6. The molecule has 0 heterocycles. The quantitative estimate of drug-likeness (QED) is 0.170. The molecule has 0 spiro atoms. The van der Waals surface area contributed by atoms with Gasteiger partial charge in [0, 0.05) is 10.7 Å². The number of benzene rings is 4. The number of nitrogens with zero attached hydrogens (tertiary/aromatic N) is 2. The Morgan fingerprint density at radius 2 is 1.60 bits per heavy atom. The molecule has 9 nitrogen and oxygen atoms in total. The molecule has 0 saturated heterocycles. The first kappa shape index (κ1) is 31.2. The maximum Gasteiger partial charge on any atom is 0.264 e. The van der Waals surface area contributed by atoms with Gasteiger partial charge in [0.25, 0.3) is 21.8 Å². The maximum absolute atomic E-state index is 13.6. The van der Waals surface area contributed by atoms with E-state index >= 15 is 0 Å². The zero-order chi connectivity index (χ0) is 31.0. The molecule has 0 atom stereocenters. The van der Waals surface area contributed by atoms with E-state index < -0.39 is 34.2 Å². The molecule has 4 aromatic carbocycles. The van der Waals surface area contributed by atoms with Crippen molar-refractivity contribution in [2.75, 3.05) is 22.8 Å². The van der Waals surface area contributed by atoms with Crippen molar-refractivity contribution in [3.8, 4) is 5.75 Å². The fourth-order valence-corrected chi connectivity index (χ4v) is 5.53. The minimum Gasteiger partial charge on any atom is -0.484 e. The number of sulfonamides is 1. The monoisotopic (exact) mass is 622 g/mol. The Hall–Kier alpha value is -4.74. The van der Waals surface area contributed by atoms with Gasteiger partial charge in [-0.25, -0.2) is 18.2 Å². The van der Waals surface area contributed by atoms with Crippen LogP contribution in [0, 0.1) is 19.7 Å². The smallest absolute Gasteiger partial charge is 0.264 e. The normalized spacial score (nSPS) is 11.3. The number of halogens is 2. The third-order valence-electron chi connectivity index (χ3n) is 6.18. The Morgan fingerprint density at radius 1 is 0.930 bits per heavy atom. The second-order valence-electron chi connectivity index (χ2n) is 9.41. The molecule has 4 rings (SSSR count). The van der Waals surface area contributed by atoms with Gasteiger partial charge in [-0.05, 0) is 97.8 Å². The number of amides is 2. The number of rotatable bonds is 11. The Balaban J connectivity index is 1.37. The van der Waals surface area contributed by atoms with Gasteiger partial charge in [-0.3, -0.25) is 13.9 Å². The summed E-state index contributed by atoms with van der Waals surface area (Å²) >= 11 is 6.26. The van der Waals surface area contributed by atoms with Gasteiger partial charge in [0.1, 0.15) is 18.1 Å². The SMILES string of the molecule is Cc1ccc(S(=O)(=O)N(CC(=O)N/N=C/c2ccc(OCC(=O)Nc3ccc(F)cc3)cc2)c2cccc(Cl)c2C)cc1. The Kier molecular flexibility index (Phi) is 10.1. The fourth-order valence-electron chi connectivity index (χ4n) is 3.88. The molecule has 2 N–H and O–H groups in total. The molecule has 0 aliphatic carbocycles. The van der Waals surface area contributed by atoms with Crippen LogP contribution in [-0.2, 0) is 19.6 Å². The number of nitrogens with one attached hydrogen (secondary N) is 2. The van der Waals surface area contributed by atoms with Crippen LogP contribution in [0.1, 0.15) is 16.7 Å². The van der Waals surface area contributed by atoms with Crippen molar-refractivity contribution in [1.82, 2.24) is 5.43 Å². The highest BCUT2D eigenvalue weighted by Gasteiger charge is 2.28. The fraction of sp³-hybridized carbons (Fsp3) is 0.129.